The molecule has 0 saturated heterocycles. The van der Waals surface area contributed by atoms with Crippen LogP contribution in [-0.2, 0) is 28.7 Å². The normalized spacial score (nSPS) is 18.5. The summed E-state index contributed by atoms with van der Waals surface area (Å²) in [6, 6.07) is 22.0. The van der Waals surface area contributed by atoms with Crippen LogP contribution in [0.1, 0.15) is 92.2 Å². The van der Waals surface area contributed by atoms with Crippen LogP contribution in [0.5, 0.6) is 23.0 Å². The fourth-order valence-corrected chi connectivity index (χ4v) is 11.2. The van der Waals surface area contributed by atoms with Gasteiger partial charge >= 0.3 is 24.7 Å². The minimum atomic E-state index is -4.77. The van der Waals surface area contributed by atoms with Crippen LogP contribution in [0.3, 0.4) is 0 Å². The number of imidazole rings is 2. The van der Waals surface area contributed by atoms with Gasteiger partial charge in [0.2, 0.25) is 11.9 Å². The van der Waals surface area contributed by atoms with E-state index in [-0.39, 0.29) is 72.5 Å². The van der Waals surface area contributed by atoms with E-state index in [1.165, 1.54) is 86.6 Å². The summed E-state index contributed by atoms with van der Waals surface area (Å²) >= 11 is 0. The minimum absolute atomic E-state index is 0.117. The number of ether oxygens (including phenoxy) is 6. The second kappa shape index (κ2) is 25.5. The summed E-state index contributed by atoms with van der Waals surface area (Å²) in [6.45, 7) is 12.6. The zero-order chi connectivity index (χ0) is 59.9. The number of hydrogen-bond acceptors (Lipinski definition) is 14. The summed E-state index contributed by atoms with van der Waals surface area (Å²) in [5.74, 6) is 0.466. The minimum Gasteiger partial charge on any atom is -0.484 e. The summed E-state index contributed by atoms with van der Waals surface area (Å²) < 4.78 is 108. The first-order valence-electron chi connectivity index (χ1n) is 26.6. The molecule has 2 aliphatic rings. The van der Waals surface area contributed by atoms with Gasteiger partial charge in [-0.05, 0) is 134 Å². The predicted molar refractivity (Wildman–Crippen MR) is 294 cm³/mol. The lowest BCUT2D eigenvalue weighted by atomic mass is 9.70. The Hall–Kier alpha value is -7.92. The highest BCUT2D eigenvalue weighted by Crippen LogP contribution is 2.48. The number of carbonyl (C=O) groups excluding carboxylic acids is 4. The summed E-state index contributed by atoms with van der Waals surface area (Å²) in [6.07, 6.45) is -3.58. The number of nitrogens with zero attached hydrogens (tertiary/aromatic N) is 6. The van der Waals surface area contributed by atoms with Gasteiger partial charge in [0.05, 0.1) is 36.3 Å². The molecule has 6 aromatic rings. The van der Waals surface area contributed by atoms with E-state index in [9.17, 15) is 45.5 Å². The van der Waals surface area contributed by atoms with E-state index in [0.717, 1.165) is 49.6 Å². The Balaban J connectivity index is 0.000000236. The molecule has 2 fully saturated rings. The molecule has 24 heteroatoms. The molecule has 2 saturated carbocycles. The summed E-state index contributed by atoms with van der Waals surface area (Å²) in [5, 5.41) is 6.54. The van der Waals surface area contributed by atoms with Crippen molar-refractivity contribution < 1.29 is 73.9 Å². The highest BCUT2D eigenvalue weighted by molar-refractivity contribution is 5.85. The monoisotopic (exact) mass is 1150 g/mol. The lowest BCUT2D eigenvalue weighted by Gasteiger charge is -2.40. The van der Waals surface area contributed by atoms with Gasteiger partial charge in [-0.25, -0.2) is 9.97 Å². The van der Waals surface area contributed by atoms with Crippen LogP contribution in [0, 0.1) is 22.7 Å². The highest BCUT2D eigenvalue weighted by Gasteiger charge is 2.37. The standard InChI is InChI=1S/2C29H35F3N4O5/c2*1-18-12-20(15-28(2,3)14-18)36-24-11-10-22(40-17-25(37)35(4)16-26(38)39-5)13-23(24)34-27(36)33-19-6-8-21(9-7-19)41-29(30,31)32/h2*6-11,13,18,20H,12,14-17H2,1-5H3,(H,33,34)/t2*18-,20+/m10/s1. The Morgan fingerprint density at radius 1 is 0.561 bits per heavy atom. The van der Waals surface area contributed by atoms with E-state index in [2.05, 4.69) is 80.3 Å². The third-order valence-corrected chi connectivity index (χ3v) is 14.2. The molecule has 2 aromatic heterocycles. The van der Waals surface area contributed by atoms with Crippen molar-refractivity contribution >= 4 is 69.1 Å². The lowest BCUT2D eigenvalue weighted by Crippen LogP contribution is -2.35. The molecule has 0 unspecified atom stereocenters. The number of esters is 2. The third kappa shape index (κ3) is 17.1. The molecule has 2 N–H and O–H groups in total. The van der Waals surface area contributed by atoms with E-state index in [4.69, 9.17) is 19.4 Å². The number of aromatic nitrogens is 4. The van der Waals surface area contributed by atoms with Gasteiger partial charge in [0.1, 0.15) is 36.1 Å². The van der Waals surface area contributed by atoms with E-state index < -0.39 is 24.7 Å². The van der Waals surface area contributed by atoms with E-state index in [1.807, 2.05) is 12.1 Å². The molecule has 18 nitrogen and oxygen atoms in total. The van der Waals surface area contributed by atoms with Crippen LogP contribution in [0.2, 0.25) is 0 Å². The molecule has 0 aliphatic heterocycles. The smallest absolute Gasteiger partial charge is 0.484 e. The third-order valence-electron chi connectivity index (χ3n) is 14.2. The number of likely N-dealkylation sites (N-methyl/N-ethyl adjacent to an activating group) is 2. The van der Waals surface area contributed by atoms with Crippen molar-refractivity contribution in [3.8, 4) is 23.0 Å². The Morgan fingerprint density at radius 2 is 0.902 bits per heavy atom. The number of anilines is 4. The van der Waals surface area contributed by atoms with Gasteiger partial charge in [-0.3, -0.25) is 19.2 Å². The molecule has 4 atom stereocenters. The number of fused-ring (bicyclic) bond motifs is 2. The van der Waals surface area contributed by atoms with E-state index >= 15 is 0 Å². The Morgan fingerprint density at radius 3 is 1.22 bits per heavy atom. The first-order chi connectivity index (χ1) is 38.5. The molecule has 8 rings (SSSR count). The number of halogens is 6. The van der Waals surface area contributed by atoms with Gasteiger partial charge < -0.3 is 58.0 Å². The average Bonchev–Trinajstić information content (AvgIpc) is 3.97. The SMILES string of the molecule is COC(=O)CN(C)C(=O)COc1ccc2c(c1)nc(Nc1ccc(OC(F)(F)F)cc1)n2[C@@H]1C[C@H](C)CC(C)(C)C1.COC(=O)CN(C)C(=O)COc1ccc2c(c1)nc(Nc1ccc(OC(F)(F)F)cc1)n2[C@H]1C[C@@H](C)CC(C)(C)C1. The fourth-order valence-electron chi connectivity index (χ4n) is 11.2. The Kier molecular flexibility index (Phi) is 19.2. The number of hydrogen-bond donors (Lipinski definition) is 2. The van der Waals surface area contributed by atoms with Gasteiger partial charge in [0.15, 0.2) is 13.2 Å². The van der Waals surface area contributed by atoms with Crippen LogP contribution >= 0.6 is 0 Å². The Bertz CT molecular complexity index is 2990. The maximum atomic E-state index is 12.6. The summed E-state index contributed by atoms with van der Waals surface area (Å²) in [7, 11) is 5.47. The molecule has 0 radical (unpaired) electrons. The second-order valence-corrected chi connectivity index (χ2v) is 22.7. The molecular weight excluding hydrogens is 1080 g/mol. The van der Waals surface area contributed by atoms with E-state index in [1.54, 1.807) is 24.3 Å². The van der Waals surface area contributed by atoms with Crippen molar-refractivity contribution in [3.63, 3.8) is 0 Å². The first kappa shape index (κ1) is 61.7. The highest BCUT2D eigenvalue weighted by atomic mass is 19.4. The maximum absolute atomic E-state index is 12.6. The first-order valence-corrected chi connectivity index (χ1v) is 26.6. The van der Waals surface area contributed by atoms with Crippen molar-refractivity contribution in [2.24, 2.45) is 22.7 Å². The van der Waals surface area contributed by atoms with Crippen LogP contribution in [0.25, 0.3) is 22.1 Å². The molecular formula is C58H70F6N8O10. The maximum Gasteiger partial charge on any atom is 0.573 e. The molecule has 2 heterocycles. The van der Waals surface area contributed by atoms with Crippen LogP contribution < -0.4 is 29.6 Å². The van der Waals surface area contributed by atoms with Crippen LogP contribution in [-0.4, -0.2) is 120 Å². The number of nitrogens with one attached hydrogen (secondary N) is 2. The van der Waals surface area contributed by atoms with Crippen molar-refractivity contribution in [1.82, 2.24) is 28.9 Å². The number of carbonyl (C=O) groups is 4. The quantitative estimate of drug-likeness (QED) is 0.0610. The van der Waals surface area contributed by atoms with Crippen LogP contribution in [0.15, 0.2) is 84.9 Å². The number of methoxy groups -OCH3 is 2. The van der Waals surface area contributed by atoms with E-state index in [0.29, 0.717) is 57.6 Å². The number of alkyl halides is 6. The second-order valence-electron chi connectivity index (χ2n) is 22.7. The molecule has 0 bridgehead atoms. The molecule has 2 aliphatic carbocycles. The molecule has 2 amide bonds. The molecule has 82 heavy (non-hydrogen) atoms. The molecule has 444 valence electrons. The molecule has 0 spiro atoms. The van der Waals surface area contributed by atoms with Gasteiger partial charge in [-0.15, -0.1) is 26.3 Å². The number of amides is 2. The van der Waals surface area contributed by atoms with Gasteiger partial charge in [0, 0.05) is 49.7 Å². The van der Waals surface area contributed by atoms with Crippen molar-refractivity contribution in [3.05, 3.63) is 84.9 Å². The number of rotatable bonds is 18. The summed E-state index contributed by atoms with van der Waals surface area (Å²) in [5.41, 5.74) is 4.33. The fraction of sp³-hybridized carbons (Fsp3) is 0.483. The van der Waals surface area contributed by atoms with Gasteiger partial charge in [-0.2, -0.15) is 0 Å². The van der Waals surface area contributed by atoms with Crippen molar-refractivity contribution in [2.45, 2.75) is 105 Å². The van der Waals surface area contributed by atoms with Crippen molar-refractivity contribution in [1.29, 1.82) is 0 Å². The van der Waals surface area contributed by atoms with Gasteiger partial charge in [0.25, 0.3) is 11.8 Å². The average molecular weight is 1150 g/mol. The lowest BCUT2D eigenvalue weighted by molar-refractivity contribution is -0.275. The predicted octanol–water partition coefficient (Wildman–Crippen LogP) is 12.2. The molecule has 4 aromatic carbocycles. The van der Waals surface area contributed by atoms with Crippen molar-refractivity contribution in [2.75, 3.05) is 65.3 Å². The van der Waals surface area contributed by atoms with Crippen LogP contribution in [0.4, 0.5) is 49.6 Å². The largest absolute Gasteiger partial charge is 0.573 e. The van der Waals surface area contributed by atoms with Gasteiger partial charge in [-0.1, -0.05) is 41.5 Å². The zero-order valence-corrected chi connectivity index (χ0v) is 47.5. The number of benzene rings is 4. The topological polar surface area (TPSA) is 190 Å². The summed E-state index contributed by atoms with van der Waals surface area (Å²) in [4.78, 5) is 59.7. The zero-order valence-electron chi connectivity index (χ0n) is 47.5. The Labute approximate surface area is 471 Å².